The fraction of sp³-hybridized carbons (Fsp3) is 0.750. The molecule has 0 aliphatic carbocycles. The fourth-order valence-electron chi connectivity index (χ4n) is 0.225. The smallest absolute Gasteiger partial charge is 0.288 e. The Balaban J connectivity index is 3.24. The molecule has 0 heterocycles. The van der Waals surface area contributed by atoms with E-state index in [0.29, 0.717) is 0 Å². The van der Waals surface area contributed by atoms with E-state index in [1.807, 2.05) is 6.92 Å². The van der Waals surface area contributed by atoms with Crippen LogP contribution in [0.15, 0.2) is 0 Å². The molecule has 0 bridgehead atoms. The maximum Gasteiger partial charge on any atom is 0.288 e. The van der Waals surface area contributed by atoms with Gasteiger partial charge in [-0.25, -0.2) is 0 Å². The zero-order valence-electron chi connectivity index (χ0n) is 4.45. The van der Waals surface area contributed by atoms with Crippen molar-refractivity contribution in [2.24, 2.45) is 0 Å². The van der Waals surface area contributed by atoms with Gasteiger partial charge in [0.05, 0.1) is 4.95 Å². The maximum absolute atomic E-state index is 10.2. The molecule has 0 aromatic rings. The lowest BCUT2D eigenvalue weighted by Gasteiger charge is -2.03. The molecule has 8 heavy (non-hydrogen) atoms. The Kier molecular flexibility index (Phi) is 4.56. The van der Waals surface area contributed by atoms with Crippen molar-refractivity contribution in [2.75, 3.05) is 0 Å². The monoisotopic (exact) mass is 243 g/mol. The second-order valence-electron chi connectivity index (χ2n) is 1.29. The van der Waals surface area contributed by atoms with Crippen LogP contribution in [0.25, 0.3) is 0 Å². The van der Waals surface area contributed by atoms with Gasteiger partial charge in [-0.2, -0.15) is 0 Å². The highest BCUT2D eigenvalue weighted by Gasteiger charge is 2.00. The van der Waals surface area contributed by atoms with Gasteiger partial charge >= 0.3 is 0 Å². The highest BCUT2D eigenvalue weighted by atomic mass is 79.9. The summed E-state index contributed by atoms with van der Waals surface area (Å²) in [5.41, 5.74) is 0. The molecular weight excluding hydrogens is 238 g/mol. The summed E-state index contributed by atoms with van der Waals surface area (Å²) in [6, 6.07) is 0. The minimum absolute atomic E-state index is 0.0920. The Morgan fingerprint density at radius 2 is 2.38 bits per heavy atom. The molecule has 0 aromatic heterocycles. The minimum atomic E-state index is -0.179. The predicted molar refractivity (Wildman–Crippen MR) is 40.5 cm³/mol. The number of halogens is 2. The Hall–Kier alpha value is 0.430. The quantitative estimate of drug-likeness (QED) is 0.451. The van der Waals surface area contributed by atoms with Crippen LogP contribution < -0.4 is 5.32 Å². The van der Waals surface area contributed by atoms with Crippen molar-refractivity contribution in [2.45, 2.75) is 18.3 Å². The molecule has 0 fully saturated rings. The van der Waals surface area contributed by atoms with Crippen LogP contribution >= 0.6 is 31.9 Å². The van der Waals surface area contributed by atoms with Crippen LogP contribution in [0.3, 0.4) is 0 Å². The lowest BCUT2D eigenvalue weighted by atomic mass is 10.5. The zero-order chi connectivity index (χ0) is 6.57. The molecule has 1 atom stereocenters. The Labute approximate surface area is 65.3 Å². The fourth-order valence-corrected chi connectivity index (χ4v) is 1.02. The molecule has 0 rings (SSSR count). The van der Waals surface area contributed by atoms with E-state index in [1.165, 1.54) is 0 Å². The molecule has 48 valence electrons. The summed E-state index contributed by atoms with van der Waals surface area (Å²) < 4.78 is 0. The molecule has 4 heteroatoms. The van der Waals surface area contributed by atoms with Crippen LogP contribution in [-0.2, 0) is 0 Å². The molecule has 0 spiro atoms. The third-order valence-corrected chi connectivity index (χ3v) is 1.73. The summed E-state index contributed by atoms with van der Waals surface area (Å²) in [6.45, 7) is 1.97. The van der Waals surface area contributed by atoms with Crippen LogP contribution in [-0.4, -0.2) is 9.77 Å². The second kappa shape index (κ2) is 4.32. The van der Waals surface area contributed by atoms with Gasteiger partial charge in [-0.05, 0) is 6.42 Å². The molecule has 0 saturated heterocycles. The first-order valence-electron chi connectivity index (χ1n) is 2.27. The van der Waals surface area contributed by atoms with Gasteiger partial charge in [-0.3, -0.25) is 4.79 Å². The van der Waals surface area contributed by atoms with Crippen molar-refractivity contribution in [1.82, 2.24) is 5.32 Å². The first-order chi connectivity index (χ1) is 3.66. The average Bonchev–Trinajstić information content (AvgIpc) is 1.65. The van der Waals surface area contributed by atoms with E-state index in [1.54, 1.807) is 0 Å². The lowest BCUT2D eigenvalue weighted by molar-refractivity contribution is 0.261. The van der Waals surface area contributed by atoms with E-state index < -0.39 is 0 Å². The molecule has 0 radical (unpaired) electrons. The van der Waals surface area contributed by atoms with E-state index in [-0.39, 0.29) is 9.77 Å². The third kappa shape index (κ3) is 4.59. The Morgan fingerprint density at radius 3 is 2.50 bits per heavy atom. The zero-order valence-corrected chi connectivity index (χ0v) is 7.62. The third-order valence-electron chi connectivity index (χ3n) is 0.629. The number of hydrogen-bond donors (Lipinski definition) is 1. The van der Waals surface area contributed by atoms with Crippen LogP contribution in [0.5, 0.6) is 0 Å². The predicted octanol–water partition coefficient (Wildman–Crippen LogP) is 2.22. The standard InChI is InChI=1S/C4H7Br2NO/c1-2-3(5)7-4(6)8/h3H,2H2,1H3,(H,7,8). The van der Waals surface area contributed by atoms with E-state index in [4.69, 9.17) is 0 Å². The number of amides is 1. The van der Waals surface area contributed by atoms with Crippen molar-refractivity contribution in [3.05, 3.63) is 0 Å². The van der Waals surface area contributed by atoms with E-state index in [9.17, 15) is 4.79 Å². The van der Waals surface area contributed by atoms with Gasteiger partial charge in [0.25, 0.3) is 4.82 Å². The largest absolute Gasteiger partial charge is 0.334 e. The van der Waals surface area contributed by atoms with Crippen LogP contribution in [0.4, 0.5) is 4.79 Å². The number of alkyl halides is 1. The van der Waals surface area contributed by atoms with Crippen molar-refractivity contribution in [3.63, 3.8) is 0 Å². The van der Waals surface area contributed by atoms with Gasteiger partial charge in [0, 0.05) is 15.9 Å². The summed E-state index contributed by atoms with van der Waals surface area (Å²) in [4.78, 5) is 10.1. The summed E-state index contributed by atoms with van der Waals surface area (Å²) in [7, 11) is 0. The van der Waals surface area contributed by atoms with Gasteiger partial charge in [0.1, 0.15) is 0 Å². The lowest BCUT2D eigenvalue weighted by Crippen LogP contribution is -2.23. The summed E-state index contributed by atoms with van der Waals surface area (Å²) >= 11 is 5.95. The normalized spacial score (nSPS) is 12.9. The molecular formula is C4H7Br2NO. The minimum Gasteiger partial charge on any atom is -0.334 e. The van der Waals surface area contributed by atoms with Crippen molar-refractivity contribution in [3.8, 4) is 0 Å². The number of carbonyl (C=O) groups is 1. The first kappa shape index (κ1) is 8.43. The molecule has 1 N–H and O–H groups in total. The van der Waals surface area contributed by atoms with Gasteiger partial charge in [-0.1, -0.05) is 22.9 Å². The van der Waals surface area contributed by atoms with Crippen LogP contribution in [0.1, 0.15) is 13.3 Å². The summed E-state index contributed by atoms with van der Waals surface area (Å²) in [6.07, 6.45) is 0.886. The molecule has 1 unspecified atom stereocenters. The summed E-state index contributed by atoms with van der Waals surface area (Å²) in [5.74, 6) is 0. The first-order valence-corrected chi connectivity index (χ1v) is 3.97. The molecule has 1 amide bonds. The van der Waals surface area contributed by atoms with Crippen molar-refractivity contribution >= 4 is 36.7 Å². The molecule has 0 aliphatic rings. The van der Waals surface area contributed by atoms with Crippen LogP contribution in [0.2, 0.25) is 0 Å². The topological polar surface area (TPSA) is 29.1 Å². The number of nitrogens with one attached hydrogen (secondary N) is 1. The van der Waals surface area contributed by atoms with Gasteiger partial charge in [-0.15, -0.1) is 0 Å². The number of hydrogen-bond acceptors (Lipinski definition) is 1. The van der Waals surface area contributed by atoms with E-state index in [0.717, 1.165) is 6.42 Å². The molecule has 0 saturated carbocycles. The number of rotatable bonds is 2. The highest BCUT2D eigenvalue weighted by Crippen LogP contribution is 2.00. The van der Waals surface area contributed by atoms with Gasteiger partial charge in [0.2, 0.25) is 0 Å². The van der Waals surface area contributed by atoms with Crippen LogP contribution in [0, 0.1) is 0 Å². The van der Waals surface area contributed by atoms with Crippen molar-refractivity contribution in [1.29, 1.82) is 0 Å². The molecule has 0 aliphatic heterocycles. The number of carbonyl (C=O) groups excluding carboxylic acids is 1. The Bertz CT molecular complexity index is 86.1. The van der Waals surface area contributed by atoms with Crippen molar-refractivity contribution < 1.29 is 4.79 Å². The van der Waals surface area contributed by atoms with E-state index in [2.05, 4.69) is 37.2 Å². The Morgan fingerprint density at radius 1 is 1.88 bits per heavy atom. The van der Waals surface area contributed by atoms with E-state index >= 15 is 0 Å². The van der Waals surface area contributed by atoms with Gasteiger partial charge in [0.15, 0.2) is 0 Å². The van der Waals surface area contributed by atoms with Gasteiger partial charge < -0.3 is 5.32 Å². The SMILES string of the molecule is CCC(Br)NC(=O)Br. The highest BCUT2D eigenvalue weighted by molar-refractivity contribution is 9.18. The second-order valence-corrected chi connectivity index (χ2v) is 3.12. The average molecular weight is 245 g/mol. The molecule has 0 aromatic carbocycles. The maximum atomic E-state index is 10.2. The molecule has 2 nitrogen and oxygen atoms in total. The summed E-state index contributed by atoms with van der Waals surface area (Å²) in [5, 5.41) is 2.59.